The number of halogens is 1. The third kappa shape index (κ3) is 4.34. The highest BCUT2D eigenvalue weighted by Crippen LogP contribution is 2.32. The Labute approximate surface area is 182 Å². The van der Waals surface area contributed by atoms with Crippen LogP contribution in [0.2, 0.25) is 0 Å². The van der Waals surface area contributed by atoms with E-state index in [1.165, 1.54) is 0 Å². The number of ether oxygens (including phenoxy) is 2. The number of fused-ring (bicyclic) bond motifs is 1. The van der Waals surface area contributed by atoms with Crippen LogP contribution in [0.3, 0.4) is 0 Å². The van der Waals surface area contributed by atoms with Crippen molar-refractivity contribution in [1.29, 1.82) is 0 Å². The molecule has 2 heterocycles. The Balaban J connectivity index is 1.54. The smallest absolute Gasteiger partial charge is 0.291 e. The van der Waals surface area contributed by atoms with Crippen molar-refractivity contribution in [1.82, 2.24) is 4.90 Å². The maximum absolute atomic E-state index is 13.0. The Hall–Kier alpha value is -2.84. The Morgan fingerprint density at radius 2 is 1.93 bits per heavy atom. The van der Waals surface area contributed by atoms with Gasteiger partial charge in [0.2, 0.25) is 5.76 Å². The normalized spacial score (nSPS) is 14.0. The van der Waals surface area contributed by atoms with Gasteiger partial charge in [0.15, 0.2) is 6.61 Å². The van der Waals surface area contributed by atoms with Crippen LogP contribution in [-0.4, -0.2) is 49.6 Å². The van der Waals surface area contributed by atoms with Gasteiger partial charge in [0.05, 0.1) is 17.7 Å². The molecule has 2 aromatic carbocycles. The minimum absolute atomic E-state index is 0.114. The summed E-state index contributed by atoms with van der Waals surface area (Å²) in [4.78, 5) is 27.3. The summed E-state index contributed by atoms with van der Waals surface area (Å²) >= 11 is 3.43. The molecule has 3 aromatic rings. The van der Waals surface area contributed by atoms with Crippen molar-refractivity contribution in [3.63, 3.8) is 0 Å². The van der Waals surface area contributed by atoms with Crippen molar-refractivity contribution in [2.75, 3.05) is 38.2 Å². The summed E-state index contributed by atoms with van der Waals surface area (Å²) in [6.45, 7) is 3.69. The second-order valence-corrected chi connectivity index (χ2v) is 7.83. The number of nitrogens with one attached hydrogen (secondary N) is 1. The van der Waals surface area contributed by atoms with Crippen molar-refractivity contribution in [3.8, 4) is 5.75 Å². The molecule has 1 aliphatic heterocycles. The first kappa shape index (κ1) is 20.4. The van der Waals surface area contributed by atoms with E-state index >= 15 is 0 Å². The predicted octanol–water partition coefficient (Wildman–Crippen LogP) is 3.99. The highest BCUT2D eigenvalue weighted by molar-refractivity contribution is 9.10. The third-order valence-electron chi connectivity index (χ3n) is 4.80. The molecule has 0 spiro atoms. The molecule has 4 rings (SSSR count). The quantitative estimate of drug-likeness (QED) is 0.606. The average Bonchev–Trinajstić information content (AvgIpc) is 3.11. The molecule has 1 N–H and O–H groups in total. The number of furan rings is 1. The highest BCUT2D eigenvalue weighted by atomic mass is 79.9. The first-order chi connectivity index (χ1) is 14.5. The van der Waals surface area contributed by atoms with Gasteiger partial charge in [-0.15, -0.1) is 0 Å². The Morgan fingerprint density at radius 3 is 2.70 bits per heavy atom. The SMILES string of the molecule is Cc1ccc(OCC(=O)Nc2c(C(=O)N3CCOCC3)oc3ccccc23)c(Br)c1. The standard InChI is InChI=1S/C22H21BrN2O5/c1-14-6-7-18(16(23)12-14)29-13-19(26)24-20-15-4-2-3-5-17(15)30-21(20)22(27)25-8-10-28-11-9-25/h2-7,12H,8-11,13H2,1H3,(H,24,26). The van der Waals surface area contributed by atoms with E-state index in [1.807, 2.05) is 37.3 Å². The summed E-state index contributed by atoms with van der Waals surface area (Å²) in [5.41, 5.74) is 1.97. The minimum Gasteiger partial charge on any atom is -0.483 e. The van der Waals surface area contributed by atoms with Crippen LogP contribution in [-0.2, 0) is 9.53 Å². The molecule has 0 atom stereocenters. The Kier molecular flexibility index (Phi) is 6.06. The summed E-state index contributed by atoms with van der Waals surface area (Å²) in [5.74, 6) is 0.0254. The fourth-order valence-electron chi connectivity index (χ4n) is 3.27. The first-order valence-electron chi connectivity index (χ1n) is 9.60. The molecular weight excluding hydrogens is 452 g/mol. The van der Waals surface area contributed by atoms with Crippen molar-refractivity contribution in [2.24, 2.45) is 0 Å². The molecule has 156 valence electrons. The summed E-state index contributed by atoms with van der Waals surface area (Å²) in [6, 6.07) is 12.8. The molecule has 0 unspecified atom stereocenters. The van der Waals surface area contributed by atoms with E-state index in [2.05, 4.69) is 21.2 Å². The number of para-hydroxylation sites is 1. The summed E-state index contributed by atoms with van der Waals surface area (Å²) < 4.78 is 17.5. The largest absolute Gasteiger partial charge is 0.483 e. The summed E-state index contributed by atoms with van der Waals surface area (Å²) in [6.07, 6.45) is 0. The second kappa shape index (κ2) is 8.89. The van der Waals surface area contributed by atoms with Crippen molar-refractivity contribution < 1.29 is 23.5 Å². The van der Waals surface area contributed by atoms with Gasteiger partial charge in [-0.1, -0.05) is 18.2 Å². The van der Waals surface area contributed by atoms with Gasteiger partial charge in [0.25, 0.3) is 11.8 Å². The number of benzene rings is 2. The lowest BCUT2D eigenvalue weighted by atomic mass is 10.2. The molecule has 30 heavy (non-hydrogen) atoms. The van der Waals surface area contributed by atoms with Gasteiger partial charge in [0.1, 0.15) is 17.0 Å². The second-order valence-electron chi connectivity index (χ2n) is 6.98. The van der Waals surface area contributed by atoms with E-state index in [9.17, 15) is 9.59 Å². The van der Waals surface area contributed by atoms with Crippen LogP contribution < -0.4 is 10.1 Å². The van der Waals surface area contributed by atoms with Crippen LogP contribution in [0.1, 0.15) is 16.1 Å². The fraction of sp³-hybridized carbons (Fsp3) is 0.273. The maximum Gasteiger partial charge on any atom is 0.291 e. The number of anilines is 1. The Morgan fingerprint density at radius 1 is 1.17 bits per heavy atom. The zero-order chi connectivity index (χ0) is 21.1. The molecule has 0 radical (unpaired) electrons. The number of hydrogen-bond donors (Lipinski definition) is 1. The molecular formula is C22H21BrN2O5. The number of nitrogens with zero attached hydrogens (tertiary/aromatic N) is 1. The molecule has 1 aromatic heterocycles. The lowest BCUT2D eigenvalue weighted by Crippen LogP contribution is -2.40. The van der Waals surface area contributed by atoms with Crippen LogP contribution in [0.25, 0.3) is 11.0 Å². The lowest BCUT2D eigenvalue weighted by molar-refractivity contribution is -0.118. The van der Waals surface area contributed by atoms with E-state index in [1.54, 1.807) is 17.0 Å². The van der Waals surface area contributed by atoms with Gasteiger partial charge in [-0.2, -0.15) is 0 Å². The van der Waals surface area contributed by atoms with Crippen molar-refractivity contribution in [2.45, 2.75) is 6.92 Å². The van der Waals surface area contributed by atoms with Crippen LogP contribution in [0.4, 0.5) is 5.69 Å². The number of carbonyl (C=O) groups excluding carboxylic acids is 2. The zero-order valence-corrected chi connectivity index (χ0v) is 18.0. The molecule has 1 aliphatic rings. The van der Waals surface area contributed by atoms with E-state index in [0.29, 0.717) is 48.7 Å². The number of aryl methyl sites for hydroxylation is 1. The minimum atomic E-state index is -0.384. The van der Waals surface area contributed by atoms with Crippen LogP contribution >= 0.6 is 15.9 Å². The molecule has 8 heteroatoms. The third-order valence-corrected chi connectivity index (χ3v) is 5.42. The number of amides is 2. The highest BCUT2D eigenvalue weighted by Gasteiger charge is 2.27. The molecule has 0 saturated carbocycles. The van der Waals surface area contributed by atoms with E-state index < -0.39 is 0 Å². The molecule has 0 bridgehead atoms. The van der Waals surface area contributed by atoms with Gasteiger partial charge >= 0.3 is 0 Å². The molecule has 1 fully saturated rings. The molecule has 7 nitrogen and oxygen atoms in total. The van der Waals surface area contributed by atoms with Gasteiger partial charge < -0.3 is 24.1 Å². The molecule has 0 aliphatic carbocycles. The predicted molar refractivity (Wildman–Crippen MR) is 116 cm³/mol. The van der Waals surface area contributed by atoms with Crippen LogP contribution in [0.5, 0.6) is 5.75 Å². The zero-order valence-electron chi connectivity index (χ0n) is 16.4. The Bertz CT molecular complexity index is 1090. The van der Waals surface area contributed by atoms with Gasteiger partial charge in [-0.3, -0.25) is 9.59 Å². The first-order valence-corrected chi connectivity index (χ1v) is 10.4. The van der Waals surface area contributed by atoms with Gasteiger partial charge in [-0.25, -0.2) is 0 Å². The summed E-state index contributed by atoms with van der Waals surface area (Å²) in [7, 11) is 0. The molecule has 1 saturated heterocycles. The van der Waals surface area contributed by atoms with Crippen LogP contribution in [0.15, 0.2) is 51.4 Å². The van der Waals surface area contributed by atoms with E-state index in [4.69, 9.17) is 13.9 Å². The number of hydrogen-bond acceptors (Lipinski definition) is 5. The monoisotopic (exact) mass is 472 g/mol. The maximum atomic E-state index is 13.0. The number of morpholine rings is 1. The lowest BCUT2D eigenvalue weighted by Gasteiger charge is -2.26. The van der Waals surface area contributed by atoms with Crippen molar-refractivity contribution >= 4 is 44.4 Å². The van der Waals surface area contributed by atoms with E-state index in [-0.39, 0.29) is 24.2 Å². The molecule has 2 amide bonds. The van der Waals surface area contributed by atoms with Crippen LogP contribution in [0, 0.1) is 6.92 Å². The summed E-state index contributed by atoms with van der Waals surface area (Å²) in [5, 5.41) is 3.47. The number of carbonyl (C=O) groups is 2. The van der Waals surface area contributed by atoms with Gasteiger partial charge in [-0.05, 0) is 52.7 Å². The fourth-order valence-corrected chi connectivity index (χ4v) is 3.88. The topological polar surface area (TPSA) is 81.0 Å². The van der Waals surface area contributed by atoms with Crippen molar-refractivity contribution in [3.05, 3.63) is 58.3 Å². The number of rotatable bonds is 5. The van der Waals surface area contributed by atoms with E-state index in [0.717, 1.165) is 10.0 Å². The average molecular weight is 473 g/mol. The van der Waals surface area contributed by atoms with Gasteiger partial charge in [0, 0.05) is 18.5 Å².